The van der Waals surface area contributed by atoms with Gasteiger partial charge in [-0.15, -0.1) is 0 Å². The van der Waals surface area contributed by atoms with Crippen LogP contribution in [0.5, 0.6) is 5.75 Å². The lowest BCUT2D eigenvalue weighted by Crippen LogP contribution is -2.48. The van der Waals surface area contributed by atoms with Crippen LogP contribution in [0.1, 0.15) is 67.0 Å². The monoisotopic (exact) mass is 389 g/mol. The zero-order valence-electron chi connectivity index (χ0n) is 18.2. The molecule has 0 spiro atoms. The van der Waals surface area contributed by atoms with E-state index >= 15 is 0 Å². The summed E-state index contributed by atoms with van der Waals surface area (Å²) >= 11 is 0. The maximum Gasteiger partial charge on any atom is 0.494 e. The van der Waals surface area contributed by atoms with Crippen molar-refractivity contribution in [2.75, 3.05) is 6.61 Å². The third-order valence-electron chi connectivity index (χ3n) is 5.83. The standard InChI is InChI=1S/C21H32BNO5/c1-13(2)21(8)20(6,7)27-22(28-21)14-9-10-15-16(12-25-17(15)11-14)23-18(24)26-19(3,4)5/h9-11,13,16H,12H2,1-8H3,(H,23,24). The minimum absolute atomic E-state index is 0.235. The third kappa shape index (κ3) is 3.87. The summed E-state index contributed by atoms with van der Waals surface area (Å²) in [6.07, 6.45) is -0.449. The van der Waals surface area contributed by atoms with Gasteiger partial charge >= 0.3 is 13.2 Å². The lowest BCUT2D eigenvalue weighted by Gasteiger charge is -2.39. The van der Waals surface area contributed by atoms with Gasteiger partial charge in [0.1, 0.15) is 18.0 Å². The van der Waals surface area contributed by atoms with Gasteiger partial charge in [0, 0.05) is 5.56 Å². The number of fused-ring (bicyclic) bond motifs is 1. The predicted molar refractivity (Wildman–Crippen MR) is 109 cm³/mol. The van der Waals surface area contributed by atoms with E-state index in [-0.39, 0.29) is 6.04 Å². The largest absolute Gasteiger partial charge is 0.494 e. The number of rotatable bonds is 3. The SMILES string of the molecule is CC(C)C1(C)OB(c2ccc3c(c2)OCC3NC(=O)OC(C)(C)C)OC1(C)C. The summed E-state index contributed by atoms with van der Waals surface area (Å²) in [5.74, 6) is 1.04. The molecular weight excluding hydrogens is 357 g/mol. The summed E-state index contributed by atoms with van der Waals surface area (Å²) in [5.41, 5.74) is 0.501. The minimum Gasteiger partial charge on any atom is -0.491 e. The van der Waals surface area contributed by atoms with Gasteiger partial charge in [0.15, 0.2) is 0 Å². The maximum atomic E-state index is 12.1. The zero-order chi connectivity index (χ0) is 20.9. The Kier molecular flexibility index (Phi) is 5.22. The number of hydrogen-bond donors (Lipinski definition) is 1. The molecule has 1 N–H and O–H groups in total. The van der Waals surface area contributed by atoms with Crippen molar-refractivity contribution in [3.8, 4) is 5.75 Å². The summed E-state index contributed by atoms with van der Waals surface area (Å²) in [4.78, 5) is 12.1. The first kappa shape index (κ1) is 21.0. The highest BCUT2D eigenvalue weighted by Crippen LogP contribution is 2.42. The van der Waals surface area contributed by atoms with Crippen molar-refractivity contribution in [3.63, 3.8) is 0 Å². The maximum absolute atomic E-state index is 12.1. The second-order valence-electron chi connectivity index (χ2n) is 9.65. The fraction of sp³-hybridized carbons (Fsp3) is 0.667. The minimum atomic E-state index is -0.538. The number of nitrogens with one attached hydrogen (secondary N) is 1. The summed E-state index contributed by atoms with van der Waals surface area (Å²) < 4.78 is 23.8. The Balaban J connectivity index is 1.75. The number of carbonyl (C=O) groups excluding carboxylic acids is 1. The Labute approximate surface area is 168 Å². The molecule has 1 saturated heterocycles. The van der Waals surface area contributed by atoms with Crippen LogP contribution in [0.2, 0.25) is 0 Å². The summed E-state index contributed by atoms with van der Waals surface area (Å²) in [5, 5.41) is 2.87. The average molecular weight is 389 g/mol. The van der Waals surface area contributed by atoms with Crippen molar-refractivity contribution in [3.05, 3.63) is 23.8 Å². The Morgan fingerprint density at radius 3 is 2.50 bits per heavy atom. The van der Waals surface area contributed by atoms with Crippen molar-refractivity contribution >= 4 is 18.7 Å². The van der Waals surface area contributed by atoms with E-state index in [4.69, 9.17) is 18.8 Å². The van der Waals surface area contributed by atoms with E-state index in [1.807, 2.05) is 39.0 Å². The molecule has 2 heterocycles. The fourth-order valence-electron chi connectivity index (χ4n) is 3.68. The molecule has 28 heavy (non-hydrogen) atoms. The highest BCUT2D eigenvalue weighted by atomic mass is 16.7. The number of carbonyl (C=O) groups is 1. The van der Waals surface area contributed by atoms with Gasteiger partial charge in [0.05, 0.1) is 17.2 Å². The average Bonchev–Trinajstić information content (AvgIpc) is 3.04. The highest BCUT2D eigenvalue weighted by molar-refractivity contribution is 6.62. The van der Waals surface area contributed by atoms with E-state index in [1.165, 1.54) is 0 Å². The van der Waals surface area contributed by atoms with Crippen LogP contribution in [0.4, 0.5) is 4.79 Å². The van der Waals surface area contributed by atoms with Crippen LogP contribution in [0.3, 0.4) is 0 Å². The van der Waals surface area contributed by atoms with Crippen molar-refractivity contribution in [1.29, 1.82) is 0 Å². The Morgan fingerprint density at radius 2 is 1.93 bits per heavy atom. The van der Waals surface area contributed by atoms with Crippen LogP contribution < -0.4 is 15.5 Å². The molecular formula is C21H32BNO5. The first-order valence-electron chi connectivity index (χ1n) is 9.94. The molecule has 2 unspecified atom stereocenters. The molecule has 1 aromatic rings. The molecule has 1 fully saturated rings. The van der Waals surface area contributed by atoms with Gasteiger partial charge in [-0.05, 0) is 59.0 Å². The van der Waals surface area contributed by atoms with E-state index in [2.05, 4.69) is 39.9 Å². The molecule has 6 nitrogen and oxygen atoms in total. The van der Waals surface area contributed by atoms with Gasteiger partial charge in [-0.1, -0.05) is 26.0 Å². The molecule has 1 aromatic carbocycles. The number of hydrogen-bond acceptors (Lipinski definition) is 5. The number of alkyl carbamates (subject to hydrolysis) is 1. The van der Waals surface area contributed by atoms with E-state index in [1.54, 1.807) is 0 Å². The quantitative estimate of drug-likeness (QED) is 0.801. The first-order chi connectivity index (χ1) is 12.8. The van der Waals surface area contributed by atoms with Crippen LogP contribution >= 0.6 is 0 Å². The van der Waals surface area contributed by atoms with Crippen molar-refractivity contribution < 1.29 is 23.6 Å². The van der Waals surface area contributed by atoms with Gasteiger partial charge in [0.2, 0.25) is 0 Å². The Bertz CT molecular complexity index is 758. The smallest absolute Gasteiger partial charge is 0.491 e. The molecule has 0 saturated carbocycles. The van der Waals surface area contributed by atoms with Crippen molar-refractivity contribution in [2.45, 2.75) is 78.2 Å². The van der Waals surface area contributed by atoms with Crippen molar-refractivity contribution in [2.24, 2.45) is 5.92 Å². The van der Waals surface area contributed by atoms with Gasteiger partial charge in [-0.3, -0.25) is 0 Å². The normalized spacial score (nSPS) is 26.2. The van der Waals surface area contributed by atoms with E-state index in [0.717, 1.165) is 16.8 Å². The Hall–Kier alpha value is -1.73. The molecule has 2 aliphatic heterocycles. The molecule has 3 rings (SSSR count). The van der Waals surface area contributed by atoms with E-state index < -0.39 is 30.0 Å². The summed E-state index contributed by atoms with van der Waals surface area (Å²) in [7, 11) is -0.450. The molecule has 2 aliphatic rings. The molecule has 154 valence electrons. The van der Waals surface area contributed by atoms with Gasteiger partial charge in [0.25, 0.3) is 0 Å². The molecule has 0 aromatic heterocycles. The lowest BCUT2D eigenvalue weighted by molar-refractivity contribution is -0.0435. The number of benzene rings is 1. The summed E-state index contributed by atoms with van der Waals surface area (Å²) in [6, 6.07) is 5.65. The molecule has 0 radical (unpaired) electrons. The first-order valence-corrected chi connectivity index (χ1v) is 9.94. The van der Waals surface area contributed by atoms with Crippen LogP contribution in [-0.4, -0.2) is 36.6 Å². The number of amides is 1. The summed E-state index contributed by atoms with van der Waals surface area (Å²) in [6.45, 7) is 16.4. The van der Waals surface area contributed by atoms with Crippen molar-refractivity contribution in [1.82, 2.24) is 5.32 Å². The van der Waals surface area contributed by atoms with Gasteiger partial charge < -0.3 is 24.1 Å². The third-order valence-corrected chi connectivity index (χ3v) is 5.83. The lowest BCUT2D eigenvalue weighted by atomic mass is 9.78. The van der Waals surface area contributed by atoms with E-state index in [0.29, 0.717) is 12.5 Å². The van der Waals surface area contributed by atoms with Crippen LogP contribution in [-0.2, 0) is 14.0 Å². The zero-order valence-corrected chi connectivity index (χ0v) is 18.2. The molecule has 1 amide bonds. The Morgan fingerprint density at radius 1 is 1.25 bits per heavy atom. The second-order valence-corrected chi connectivity index (χ2v) is 9.65. The van der Waals surface area contributed by atoms with Gasteiger partial charge in [-0.2, -0.15) is 0 Å². The predicted octanol–water partition coefficient (Wildman–Crippen LogP) is 3.58. The van der Waals surface area contributed by atoms with E-state index in [9.17, 15) is 4.79 Å². The van der Waals surface area contributed by atoms with Crippen LogP contribution in [0.15, 0.2) is 18.2 Å². The van der Waals surface area contributed by atoms with Crippen LogP contribution in [0, 0.1) is 5.92 Å². The fourth-order valence-corrected chi connectivity index (χ4v) is 3.68. The topological polar surface area (TPSA) is 66.0 Å². The van der Waals surface area contributed by atoms with Crippen LogP contribution in [0.25, 0.3) is 0 Å². The molecule has 7 heteroatoms. The molecule has 0 bridgehead atoms. The molecule has 2 atom stereocenters. The second kappa shape index (κ2) is 6.96. The highest BCUT2D eigenvalue weighted by Gasteiger charge is 2.56. The van der Waals surface area contributed by atoms with Gasteiger partial charge in [-0.25, -0.2) is 4.79 Å². The number of ether oxygens (including phenoxy) is 2. The molecule has 0 aliphatic carbocycles.